The van der Waals surface area contributed by atoms with Crippen molar-refractivity contribution in [3.8, 4) is 0 Å². The molecule has 1 aromatic rings. The van der Waals surface area contributed by atoms with E-state index in [0.717, 1.165) is 19.0 Å². The summed E-state index contributed by atoms with van der Waals surface area (Å²) < 4.78 is 2.69. The number of hydrogen-bond acceptors (Lipinski definition) is 2. The number of rotatable bonds is 2. The zero-order valence-corrected chi connectivity index (χ0v) is 13.1. The predicted octanol–water partition coefficient (Wildman–Crippen LogP) is 3.10. The van der Waals surface area contributed by atoms with Crippen molar-refractivity contribution < 1.29 is 9.59 Å². The van der Waals surface area contributed by atoms with Gasteiger partial charge in [0.1, 0.15) is 0 Å². The molecule has 0 saturated carbocycles. The summed E-state index contributed by atoms with van der Waals surface area (Å²) >= 11 is 10.2. The van der Waals surface area contributed by atoms with Crippen LogP contribution >= 0.6 is 47.8 Å². The van der Waals surface area contributed by atoms with Gasteiger partial charge in [-0.3, -0.25) is 14.9 Å². The Hall–Kier alpha value is -0.460. The van der Waals surface area contributed by atoms with E-state index >= 15 is 0 Å². The quantitative estimate of drug-likeness (QED) is 0.743. The highest BCUT2D eigenvalue weighted by molar-refractivity contribution is 9.11. The molecule has 2 rings (SSSR count). The molecular formula is C11H6Br3NO2. The number of hydrogen-bond donors (Lipinski definition) is 1. The molecule has 1 aromatic carbocycles. The van der Waals surface area contributed by atoms with Crippen LogP contribution in [-0.4, -0.2) is 11.8 Å². The fraction of sp³-hybridized carbons (Fsp3) is 0.0909. The van der Waals surface area contributed by atoms with Gasteiger partial charge in [-0.2, -0.15) is 0 Å². The minimum atomic E-state index is -0.352. The smallest absolute Gasteiger partial charge is 0.254 e. The standard InChI is InChI=1S/C11H6Br3NO2/c12-6-3-8(13)7(9(14)4-6)1-5-2-10(16)15-11(5)17/h2-4H,1H2,(H,15,16,17). The Morgan fingerprint density at radius 3 is 2.12 bits per heavy atom. The molecule has 0 spiro atoms. The highest BCUT2D eigenvalue weighted by atomic mass is 79.9. The molecule has 0 aromatic heterocycles. The number of carbonyl (C=O) groups excluding carboxylic acids is 2. The molecule has 1 heterocycles. The van der Waals surface area contributed by atoms with E-state index < -0.39 is 0 Å². The number of amides is 2. The van der Waals surface area contributed by atoms with Gasteiger partial charge in [0, 0.05) is 31.5 Å². The van der Waals surface area contributed by atoms with Crippen molar-refractivity contribution in [1.29, 1.82) is 0 Å². The van der Waals surface area contributed by atoms with Gasteiger partial charge in [0.15, 0.2) is 0 Å². The summed E-state index contributed by atoms with van der Waals surface area (Å²) in [6, 6.07) is 3.80. The summed E-state index contributed by atoms with van der Waals surface area (Å²) in [6.45, 7) is 0. The van der Waals surface area contributed by atoms with Crippen molar-refractivity contribution in [3.63, 3.8) is 0 Å². The van der Waals surface area contributed by atoms with E-state index in [1.54, 1.807) is 0 Å². The molecule has 17 heavy (non-hydrogen) atoms. The third kappa shape index (κ3) is 2.86. The van der Waals surface area contributed by atoms with Gasteiger partial charge in [0.05, 0.1) is 0 Å². The Bertz CT molecular complexity index is 529. The van der Waals surface area contributed by atoms with Crippen LogP contribution in [0.4, 0.5) is 0 Å². The molecule has 3 nitrogen and oxygen atoms in total. The SMILES string of the molecule is O=C1C=C(Cc2c(Br)cc(Br)cc2Br)C(=O)N1. The van der Waals surface area contributed by atoms with Crippen LogP contribution in [0.2, 0.25) is 0 Å². The number of imide groups is 1. The van der Waals surface area contributed by atoms with Gasteiger partial charge in [-0.05, 0) is 17.7 Å². The highest BCUT2D eigenvalue weighted by Crippen LogP contribution is 2.31. The van der Waals surface area contributed by atoms with Crippen LogP contribution in [-0.2, 0) is 16.0 Å². The van der Waals surface area contributed by atoms with Crippen molar-refractivity contribution in [3.05, 3.63) is 42.8 Å². The lowest BCUT2D eigenvalue weighted by Crippen LogP contribution is -2.22. The first-order chi connectivity index (χ1) is 7.97. The van der Waals surface area contributed by atoms with E-state index in [-0.39, 0.29) is 11.8 Å². The van der Waals surface area contributed by atoms with Crippen molar-refractivity contribution in [2.45, 2.75) is 6.42 Å². The van der Waals surface area contributed by atoms with Crippen LogP contribution in [0.1, 0.15) is 5.56 Å². The summed E-state index contributed by atoms with van der Waals surface area (Å²) in [7, 11) is 0. The number of halogens is 3. The van der Waals surface area contributed by atoms with E-state index in [1.165, 1.54) is 6.08 Å². The molecule has 0 aliphatic carbocycles. The monoisotopic (exact) mass is 421 g/mol. The van der Waals surface area contributed by atoms with Gasteiger partial charge in [0.2, 0.25) is 0 Å². The van der Waals surface area contributed by atoms with Gasteiger partial charge in [-0.1, -0.05) is 47.8 Å². The van der Waals surface area contributed by atoms with Crippen LogP contribution in [0, 0.1) is 0 Å². The van der Waals surface area contributed by atoms with Gasteiger partial charge in [0.25, 0.3) is 11.8 Å². The molecule has 0 radical (unpaired) electrons. The second-order valence-corrected chi connectivity index (χ2v) is 6.14. The maximum Gasteiger partial charge on any atom is 0.254 e. The van der Waals surface area contributed by atoms with E-state index in [9.17, 15) is 9.59 Å². The van der Waals surface area contributed by atoms with Gasteiger partial charge in [-0.15, -0.1) is 0 Å². The molecule has 0 bridgehead atoms. The van der Waals surface area contributed by atoms with Crippen molar-refractivity contribution in [2.24, 2.45) is 0 Å². The lowest BCUT2D eigenvalue weighted by Gasteiger charge is -2.08. The van der Waals surface area contributed by atoms with E-state index in [1.807, 2.05) is 12.1 Å². The zero-order chi connectivity index (χ0) is 12.6. The average Bonchev–Trinajstić information content (AvgIpc) is 2.51. The number of benzene rings is 1. The van der Waals surface area contributed by atoms with Gasteiger partial charge >= 0.3 is 0 Å². The van der Waals surface area contributed by atoms with E-state index in [0.29, 0.717) is 12.0 Å². The van der Waals surface area contributed by atoms with Crippen LogP contribution < -0.4 is 5.32 Å². The lowest BCUT2D eigenvalue weighted by atomic mass is 10.1. The van der Waals surface area contributed by atoms with Crippen LogP contribution in [0.25, 0.3) is 0 Å². The minimum absolute atomic E-state index is 0.322. The van der Waals surface area contributed by atoms with Crippen molar-refractivity contribution in [1.82, 2.24) is 5.32 Å². The van der Waals surface area contributed by atoms with Crippen molar-refractivity contribution >= 4 is 59.6 Å². The Kier molecular flexibility index (Phi) is 3.85. The third-order valence-electron chi connectivity index (χ3n) is 2.31. The molecule has 88 valence electrons. The largest absolute Gasteiger partial charge is 0.289 e. The number of carbonyl (C=O) groups is 2. The lowest BCUT2D eigenvalue weighted by molar-refractivity contribution is -0.123. The van der Waals surface area contributed by atoms with E-state index in [4.69, 9.17) is 0 Å². The molecule has 1 aliphatic rings. The Morgan fingerprint density at radius 1 is 1.06 bits per heavy atom. The fourth-order valence-corrected chi connectivity index (χ4v) is 4.05. The highest BCUT2D eigenvalue weighted by Gasteiger charge is 2.22. The molecule has 1 aliphatic heterocycles. The molecule has 1 N–H and O–H groups in total. The first-order valence-electron chi connectivity index (χ1n) is 4.66. The average molecular weight is 424 g/mol. The Balaban J connectivity index is 2.34. The first-order valence-corrected chi connectivity index (χ1v) is 7.04. The van der Waals surface area contributed by atoms with Crippen LogP contribution in [0.3, 0.4) is 0 Å². The fourth-order valence-electron chi connectivity index (χ4n) is 1.51. The Labute approximate surface area is 123 Å². The maximum atomic E-state index is 11.4. The number of nitrogens with one attached hydrogen (secondary N) is 1. The summed E-state index contributed by atoms with van der Waals surface area (Å²) in [5, 5.41) is 2.23. The van der Waals surface area contributed by atoms with Gasteiger partial charge in [-0.25, -0.2) is 0 Å². The van der Waals surface area contributed by atoms with Crippen molar-refractivity contribution in [2.75, 3.05) is 0 Å². The summed E-state index contributed by atoms with van der Waals surface area (Å²) in [6.07, 6.45) is 1.75. The van der Waals surface area contributed by atoms with E-state index in [2.05, 4.69) is 53.1 Å². The van der Waals surface area contributed by atoms with Crippen LogP contribution in [0.5, 0.6) is 0 Å². The van der Waals surface area contributed by atoms with Gasteiger partial charge < -0.3 is 0 Å². The first kappa shape index (κ1) is 13.0. The summed E-state index contributed by atoms with van der Waals surface area (Å²) in [4.78, 5) is 22.5. The second-order valence-electron chi connectivity index (χ2n) is 3.51. The zero-order valence-electron chi connectivity index (χ0n) is 8.39. The predicted molar refractivity (Wildman–Crippen MR) is 74.5 cm³/mol. The second kappa shape index (κ2) is 5.04. The molecule has 6 heteroatoms. The summed E-state index contributed by atoms with van der Waals surface area (Å²) in [5.41, 5.74) is 1.41. The minimum Gasteiger partial charge on any atom is -0.289 e. The normalized spacial score (nSPS) is 14.9. The summed E-state index contributed by atoms with van der Waals surface area (Å²) in [5.74, 6) is -0.675. The molecule has 0 unspecified atom stereocenters. The Morgan fingerprint density at radius 2 is 1.65 bits per heavy atom. The molecule has 0 saturated heterocycles. The molecule has 0 fully saturated rings. The topological polar surface area (TPSA) is 46.2 Å². The third-order valence-corrected chi connectivity index (χ3v) is 4.18. The molecular weight excluding hydrogens is 418 g/mol. The molecule has 2 amide bonds. The molecule has 0 atom stereocenters. The van der Waals surface area contributed by atoms with Crippen LogP contribution in [0.15, 0.2) is 37.2 Å². The maximum absolute atomic E-state index is 11.4.